The van der Waals surface area contributed by atoms with Gasteiger partial charge in [0, 0.05) is 37.1 Å². The molecule has 0 radical (unpaired) electrons. The molecule has 0 atom stereocenters. The molecule has 1 amide bonds. The van der Waals surface area contributed by atoms with Gasteiger partial charge in [0.25, 0.3) is 0 Å². The lowest BCUT2D eigenvalue weighted by Crippen LogP contribution is -2.40. The van der Waals surface area contributed by atoms with Crippen molar-refractivity contribution >= 4 is 5.91 Å². The molecule has 2 aromatic heterocycles. The normalized spacial score (nSPS) is 14.5. The first-order chi connectivity index (χ1) is 16.5. The first-order valence-corrected chi connectivity index (χ1v) is 11.0. The zero-order valence-electron chi connectivity index (χ0n) is 18.5. The van der Waals surface area contributed by atoms with E-state index in [4.69, 9.17) is 4.42 Å². The topological polar surface area (TPSA) is 89.9 Å². The fraction of sp³-hybridized carbons (Fsp3) is 0.292. The number of likely N-dealkylation sites (tertiary alicyclic amines) is 1. The molecule has 10 heteroatoms. The number of nitrogens with zero attached hydrogens (tertiary/aromatic N) is 6. The second kappa shape index (κ2) is 9.12. The molecule has 34 heavy (non-hydrogen) atoms. The number of aryl methyl sites for hydroxylation is 1. The van der Waals surface area contributed by atoms with Gasteiger partial charge in [0.2, 0.25) is 17.7 Å². The average Bonchev–Trinajstić information content (AvgIpc) is 3.47. The minimum absolute atomic E-state index is 0.0226. The largest absolute Gasteiger partial charge is 0.425 e. The molecule has 0 spiro atoms. The molecule has 174 valence electrons. The molecule has 0 N–H and O–H groups in total. The van der Waals surface area contributed by atoms with Gasteiger partial charge in [0.15, 0.2) is 11.6 Å². The molecule has 1 aliphatic rings. The fourth-order valence-electron chi connectivity index (χ4n) is 4.07. The zero-order valence-corrected chi connectivity index (χ0v) is 18.5. The summed E-state index contributed by atoms with van der Waals surface area (Å²) in [5.41, 5.74) is 1.24. The molecule has 5 rings (SSSR count). The van der Waals surface area contributed by atoms with E-state index >= 15 is 0 Å². The Morgan fingerprint density at radius 2 is 1.59 bits per heavy atom. The molecule has 0 aliphatic carbocycles. The van der Waals surface area contributed by atoms with Crippen LogP contribution in [0.15, 0.2) is 52.9 Å². The highest BCUT2D eigenvalue weighted by Crippen LogP contribution is 2.28. The van der Waals surface area contributed by atoms with Crippen molar-refractivity contribution in [3.8, 4) is 22.8 Å². The smallest absolute Gasteiger partial charge is 0.244 e. The predicted molar refractivity (Wildman–Crippen MR) is 118 cm³/mol. The van der Waals surface area contributed by atoms with E-state index in [9.17, 15) is 13.6 Å². The molecular formula is C24H22F2N6O2. The van der Waals surface area contributed by atoms with E-state index in [-0.39, 0.29) is 30.0 Å². The minimum atomic E-state index is -0.371. The molecule has 4 aromatic rings. The van der Waals surface area contributed by atoms with Gasteiger partial charge < -0.3 is 9.32 Å². The summed E-state index contributed by atoms with van der Waals surface area (Å²) in [6, 6.07) is 11.7. The van der Waals surface area contributed by atoms with Crippen LogP contribution in [0.3, 0.4) is 0 Å². The maximum Gasteiger partial charge on any atom is 0.244 e. The zero-order chi connectivity index (χ0) is 23.7. The average molecular weight is 464 g/mol. The molecule has 1 fully saturated rings. The van der Waals surface area contributed by atoms with Gasteiger partial charge in [-0.05, 0) is 61.4 Å². The molecule has 3 heterocycles. The van der Waals surface area contributed by atoms with Crippen LogP contribution in [0.1, 0.15) is 30.5 Å². The van der Waals surface area contributed by atoms with Crippen molar-refractivity contribution in [3.05, 3.63) is 71.9 Å². The number of hydrogen-bond donors (Lipinski definition) is 0. The second-order valence-electron chi connectivity index (χ2n) is 8.24. The van der Waals surface area contributed by atoms with Gasteiger partial charge in [-0.25, -0.2) is 18.4 Å². The fourth-order valence-corrected chi connectivity index (χ4v) is 4.07. The molecule has 0 unspecified atom stereocenters. The Morgan fingerprint density at radius 1 is 0.971 bits per heavy atom. The Labute approximate surface area is 194 Å². The summed E-state index contributed by atoms with van der Waals surface area (Å²) >= 11 is 0. The summed E-state index contributed by atoms with van der Waals surface area (Å²) in [7, 11) is 0. The number of aromatic nitrogens is 5. The van der Waals surface area contributed by atoms with E-state index in [2.05, 4.69) is 20.3 Å². The summed E-state index contributed by atoms with van der Waals surface area (Å²) in [6.45, 7) is 2.87. The van der Waals surface area contributed by atoms with Gasteiger partial charge in [-0.15, -0.1) is 15.3 Å². The predicted octanol–water partition coefficient (Wildman–Crippen LogP) is 3.99. The van der Waals surface area contributed by atoms with Gasteiger partial charge in [0.1, 0.15) is 18.2 Å². The highest BCUT2D eigenvalue weighted by molar-refractivity contribution is 5.77. The Kier molecular flexibility index (Phi) is 5.87. The summed E-state index contributed by atoms with van der Waals surface area (Å²) in [5.74, 6) is 1.24. The van der Waals surface area contributed by atoms with Crippen molar-refractivity contribution in [2.24, 2.45) is 0 Å². The van der Waals surface area contributed by atoms with Crippen LogP contribution in [0.25, 0.3) is 22.8 Å². The monoisotopic (exact) mass is 464 g/mol. The van der Waals surface area contributed by atoms with Crippen LogP contribution in [0.4, 0.5) is 8.78 Å². The second-order valence-corrected chi connectivity index (χ2v) is 8.24. The van der Waals surface area contributed by atoms with Gasteiger partial charge in [0.05, 0.1) is 0 Å². The number of amides is 1. The number of carbonyl (C=O) groups excluding carboxylic acids is 1. The van der Waals surface area contributed by atoms with Crippen molar-refractivity contribution in [2.75, 3.05) is 13.1 Å². The third-order valence-corrected chi connectivity index (χ3v) is 5.90. The number of hydrogen-bond acceptors (Lipinski definition) is 6. The summed E-state index contributed by atoms with van der Waals surface area (Å²) < 4.78 is 33.9. The van der Waals surface area contributed by atoms with E-state index in [1.165, 1.54) is 28.9 Å². The lowest BCUT2D eigenvalue weighted by molar-refractivity contribution is -0.133. The quantitative estimate of drug-likeness (QED) is 0.444. The molecule has 1 saturated heterocycles. The lowest BCUT2D eigenvalue weighted by Gasteiger charge is -2.30. The van der Waals surface area contributed by atoms with Crippen molar-refractivity contribution < 1.29 is 18.0 Å². The SMILES string of the molecule is Cc1nnc(C2CCN(C(=O)Cn3nc(-c4ccc(F)cc4)nc3-c3ccc(F)cc3)CC2)o1. The highest BCUT2D eigenvalue weighted by Gasteiger charge is 2.28. The third-order valence-electron chi connectivity index (χ3n) is 5.90. The Hall–Kier alpha value is -3.95. The summed E-state index contributed by atoms with van der Waals surface area (Å²) in [5, 5.41) is 12.5. The molecule has 2 aromatic carbocycles. The van der Waals surface area contributed by atoms with Crippen molar-refractivity contribution in [1.82, 2.24) is 29.9 Å². The first kappa shape index (κ1) is 21.9. The Bertz CT molecular complexity index is 1290. The Balaban J connectivity index is 1.36. The van der Waals surface area contributed by atoms with E-state index in [0.717, 1.165) is 12.8 Å². The first-order valence-electron chi connectivity index (χ1n) is 11.0. The maximum absolute atomic E-state index is 13.5. The summed E-state index contributed by atoms with van der Waals surface area (Å²) in [6.07, 6.45) is 1.47. The van der Waals surface area contributed by atoms with Gasteiger partial charge >= 0.3 is 0 Å². The Morgan fingerprint density at radius 3 is 2.18 bits per heavy atom. The number of piperidine rings is 1. The van der Waals surface area contributed by atoms with Crippen LogP contribution >= 0.6 is 0 Å². The molecular weight excluding hydrogens is 442 g/mol. The third kappa shape index (κ3) is 4.57. The van der Waals surface area contributed by atoms with Crippen molar-refractivity contribution in [3.63, 3.8) is 0 Å². The van der Waals surface area contributed by atoms with Crippen LogP contribution < -0.4 is 0 Å². The molecule has 0 saturated carbocycles. The van der Waals surface area contributed by atoms with E-state index in [0.29, 0.717) is 47.6 Å². The molecule has 8 nitrogen and oxygen atoms in total. The number of benzene rings is 2. The van der Waals surface area contributed by atoms with E-state index < -0.39 is 0 Å². The maximum atomic E-state index is 13.5. The minimum Gasteiger partial charge on any atom is -0.425 e. The van der Waals surface area contributed by atoms with Crippen LogP contribution in [0.5, 0.6) is 0 Å². The number of carbonyl (C=O) groups is 1. The molecule has 1 aliphatic heterocycles. The van der Waals surface area contributed by atoms with Crippen LogP contribution in [0.2, 0.25) is 0 Å². The highest BCUT2D eigenvalue weighted by atomic mass is 19.1. The number of halogens is 2. The van der Waals surface area contributed by atoms with E-state index in [1.54, 1.807) is 36.1 Å². The van der Waals surface area contributed by atoms with Gasteiger partial charge in [-0.2, -0.15) is 0 Å². The van der Waals surface area contributed by atoms with Gasteiger partial charge in [-0.3, -0.25) is 4.79 Å². The molecule has 0 bridgehead atoms. The van der Waals surface area contributed by atoms with E-state index in [1.807, 2.05) is 0 Å². The van der Waals surface area contributed by atoms with Gasteiger partial charge in [-0.1, -0.05) is 0 Å². The van der Waals surface area contributed by atoms with Crippen LogP contribution in [0, 0.1) is 18.6 Å². The number of rotatable bonds is 5. The van der Waals surface area contributed by atoms with Crippen LogP contribution in [-0.2, 0) is 11.3 Å². The standard InChI is InChI=1S/C24H22F2N6O2/c1-15-28-29-24(34-15)18-10-12-31(13-11-18)21(33)14-32-23(17-4-8-20(26)9-5-17)27-22(30-32)16-2-6-19(25)7-3-16/h2-9,18H,10-14H2,1H3. The summed E-state index contributed by atoms with van der Waals surface area (Å²) in [4.78, 5) is 19.5. The lowest BCUT2D eigenvalue weighted by atomic mass is 9.97. The van der Waals surface area contributed by atoms with Crippen molar-refractivity contribution in [1.29, 1.82) is 0 Å². The van der Waals surface area contributed by atoms with Crippen molar-refractivity contribution in [2.45, 2.75) is 32.2 Å². The van der Waals surface area contributed by atoms with Crippen LogP contribution in [-0.4, -0.2) is 48.9 Å².